The Kier molecular flexibility index (Phi) is 7.02. The SMILES string of the molecule is COc1ccc([C@H](C(=O)Cc2ccc([Si](C)(C)C)c(F)c2)N(C)C(=O)c2cc(=O)[nH]o2)cc1. The van der Waals surface area contributed by atoms with Gasteiger partial charge in [-0.15, -0.1) is 0 Å². The first-order chi connectivity index (χ1) is 15.5. The van der Waals surface area contributed by atoms with Crippen molar-refractivity contribution in [3.63, 3.8) is 0 Å². The molecule has 0 aliphatic rings. The Bertz CT molecular complexity index is 1210. The van der Waals surface area contributed by atoms with Gasteiger partial charge in [0.25, 0.3) is 11.5 Å². The summed E-state index contributed by atoms with van der Waals surface area (Å²) < 4.78 is 24.8. The molecule has 0 aliphatic heterocycles. The molecule has 33 heavy (non-hydrogen) atoms. The summed E-state index contributed by atoms with van der Waals surface area (Å²) in [7, 11) is 1.13. The number of hydrogen-bond acceptors (Lipinski definition) is 5. The van der Waals surface area contributed by atoms with Crippen molar-refractivity contribution in [2.75, 3.05) is 14.2 Å². The van der Waals surface area contributed by atoms with Crippen LogP contribution in [0.4, 0.5) is 4.39 Å². The second kappa shape index (κ2) is 9.58. The molecule has 0 fully saturated rings. The Morgan fingerprint density at radius 2 is 1.79 bits per heavy atom. The van der Waals surface area contributed by atoms with E-state index in [0.717, 1.165) is 6.07 Å². The fourth-order valence-electron chi connectivity index (χ4n) is 3.67. The second-order valence-electron chi connectivity index (χ2n) is 8.88. The average molecular weight is 471 g/mol. The van der Waals surface area contributed by atoms with Crippen molar-refractivity contribution < 1.29 is 23.2 Å². The molecule has 174 valence electrons. The zero-order valence-corrected chi connectivity index (χ0v) is 20.3. The predicted molar refractivity (Wildman–Crippen MR) is 125 cm³/mol. The Balaban J connectivity index is 1.94. The van der Waals surface area contributed by atoms with Gasteiger partial charge in [-0.2, -0.15) is 5.16 Å². The number of ketones is 1. The first kappa shape index (κ1) is 24.2. The first-order valence-electron chi connectivity index (χ1n) is 10.4. The number of likely N-dealkylation sites (N-methyl/N-ethyl adjacent to an activating group) is 1. The summed E-state index contributed by atoms with van der Waals surface area (Å²) in [5, 5.41) is 2.77. The summed E-state index contributed by atoms with van der Waals surface area (Å²) >= 11 is 0. The van der Waals surface area contributed by atoms with Gasteiger partial charge < -0.3 is 14.2 Å². The molecule has 0 bridgehead atoms. The number of ether oxygens (including phenoxy) is 1. The third-order valence-corrected chi connectivity index (χ3v) is 7.42. The molecule has 1 aromatic heterocycles. The standard InChI is InChI=1S/C24H27FN2O5Si/c1-27(24(30)20-14-22(29)26-32-20)23(16-7-9-17(31-2)10-8-16)19(28)13-15-6-11-21(18(25)12-15)33(3,4)5/h6-12,14,23H,13H2,1-5H3,(H,26,29)/t23-/m1/s1. The number of amides is 1. The smallest absolute Gasteiger partial charge is 0.293 e. The Hall–Kier alpha value is -3.46. The molecule has 9 heteroatoms. The monoisotopic (exact) mass is 470 g/mol. The van der Waals surface area contributed by atoms with Crippen LogP contribution in [-0.2, 0) is 11.2 Å². The highest BCUT2D eigenvalue weighted by molar-refractivity contribution is 6.88. The van der Waals surface area contributed by atoms with Gasteiger partial charge in [0, 0.05) is 13.5 Å². The van der Waals surface area contributed by atoms with Crippen molar-refractivity contribution in [3.05, 3.63) is 81.6 Å². The number of rotatable bonds is 8. The van der Waals surface area contributed by atoms with Crippen LogP contribution < -0.4 is 15.5 Å². The van der Waals surface area contributed by atoms with Crippen LogP contribution in [0.2, 0.25) is 19.6 Å². The van der Waals surface area contributed by atoms with Crippen LogP contribution in [0.1, 0.15) is 27.7 Å². The number of methoxy groups -OCH3 is 1. The number of H-pyrrole nitrogens is 1. The van der Waals surface area contributed by atoms with Crippen molar-refractivity contribution in [3.8, 4) is 5.75 Å². The molecule has 3 rings (SSSR count). The zero-order valence-electron chi connectivity index (χ0n) is 19.3. The Labute approximate surface area is 192 Å². The van der Waals surface area contributed by atoms with Crippen LogP contribution >= 0.6 is 0 Å². The lowest BCUT2D eigenvalue weighted by Gasteiger charge is -2.27. The molecule has 1 N–H and O–H groups in total. The fourth-order valence-corrected chi connectivity index (χ4v) is 5.04. The van der Waals surface area contributed by atoms with E-state index in [2.05, 4.69) is 24.8 Å². The molecule has 3 aromatic rings. The topological polar surface area (TPSA) is 92.6 Å². The molecule has 1 atom stereocenters. The van der Waals surface area contributed by atoms with Crippen LogP contribution in [0.5, 0.6) is 5.75 Å². The fraction of sp³-hybridized carbons (Fsp3) is 0.292. The lowest BCUT2D eigenvalue weighted by molar-refractivity contribution is -0.122. The maximum absolute atomic E-state index is 14.7. The van der Waals surface area contributed by atoms with Gasteiger partial charge in [-0.3, -0.25) is 14.4 Å². The quantitative estimate of drug-likeness (QED) is 0.510. The lowest BCUT2D eigenvalue weighted by atomic mass is 9.96. The van der Waals surface area contributed by atoms with E-state index in [4.69, 9.17) is 9.26 Å². The van der Waals surface area contributed by atoms with Gasteiger partial charge in [-0.05, 0) is 34.5 Å². The number of aromatic nitrogens is 1. The third-order valence-electron chi connectivity index (χ3n) is 5.40. The van der Waals surface area contributed by atoms with E-state index in [-0.39, 0.29) is 23.8 Å². The molecule has 7 nitrogen and oxygen atoms in total. The highest BCUT2D eigenvalue weighted by Gasteiger charge is 2.31. The minimum absolute atomic E-state index is 0.0751. The zero-order chi connectivity index (χ0) is 24.3. The summed E-state index contributed by atoms with van der Waals surface area (Å²) in [6, 6.07) is 11.7. The number of carbonyl (C=O) groups excluding carboxylic acids is 2. The molecular weight excluding hydrogens is 443 g/mol. The second-order valence-corrected chi connectivity index (χ2v) is 13.9. The van der Waals surface area contributed by atoms with Gasteiger partial charge in [0.2, 0.25) is 5.76 Å². The molecule has 0 spiro atoms. The highest BCUT2D eigenvalue weighted by Crippen LogP contribution is 2.26. The molecule has 0 radical (unpaired) electrons. The van der Waals surface area contributed by atoms with Gasteiger partial charge in [0.05, 0.1) is 21.3 Å². The molecule has 2 aromatic carbocycles. The number of hydrogen-bond donors (Lipinski definition) is 1. The van der Waals surface area contributed by atoms with E-state index in [1.807, 2.05) is 0 Å². The highest BCUT2D eigenvalue weighted by atomic mass is 28.3. The minimum atomic E-state index is -1.86. The molecule has 0 saturated heterocycles. The maximum Gasteiger partial charge on any atom is 0.293 e. The largest absolute Gasteiger partial charge is 0.497 e. The van der Waals surface area contributed by atoms with Gasteiger partial charge in [0.1, 0.15) is 17.6 Å². The number of halogens is 1. The number of nitrogens with zero attached hydrogens (tertiary/aromatic N) is 1. The number of carbonyl (C=O) groups is 2. The summed E-state index contributed by atoms with van der Waals surface area (Å²) in [5.41, 5.74) is 0.512. The van der Waals surface area contributed by atoms with Crippen molar-refractivity contribution in [1.29, 1.82) is 0 Å². The van der Waals surface area contributed by atoms with Gasteiger partial charge in [-0.1, -0.05) is 43.9 Å². The molecular formula is C24H27FN2O5Si. The number of benzene rings is 2. The number of aromatic amines is 1. The Morgan fingerprint density at radius 3 is 2.30 bits per heavy atom. The molecule has 0 saturated carbocycles. The minimum Gasteiger partial charge on any atom is -0.497 e. The summed E-state index contributed by atoms with van der Waals surface area (Å²) in [4.78, 5) is 38.9. The Morgan fingerprint density at radius 1 is 1.12 bits per heavy atom. The van der Waals surface area contributed by atoms with E-state index in [9.17, 15) is 18.8 Å². The lowest BCUT2D eigenvalue weighted by Crippen LogP contribution is -2.40. The van der Waals surface area contributed by atoms with Crippen molar-refractivity contribution in [2.24, 2.45) is 0 Å². The van der Waals surface area contributed by atoms with Crippen LogP contribution in [-0.4, -0.2) is 44.0 Å². The number of nitrogens with one attached hydrogen (secondary N) is 1. The van der Waals surface area contributed by atoms with E-state index in [0.29, 0.717) is 22.1 Å². The summed E-state index contributed by atoms with van der Waals surface area (Å²) in [6.45, 7) is 6.15. The van der Waals surface area contributed by atoms with Gasteiger partial charge in [-0.25, -0.2) is 4.39 Å². The van der Waals surface area contributed by atoms with Gasteiger partial charge in [0.15, 0.2) is 5.78 Å². The van der Waals surface area contributed by atoms with Crippen molar-refractivity contribution in [1.82, 2.24) is 10.1 Å². The van der Waals surface area contributed by atoms with Crippen LogP contribution in [0, 0.1) is 5.82 Å². The average Bonchev–Trinajstić information content (AvgIpc) is 3.19. The molecule has 0 aliphatic carbocycles. The number of Topliss-reactive ketones (excluding diaryl/α,β-unsaturated/α-hetero) is 1. The van der Waals surface area contributed by atoms with Crippen molar-refractivity contribution >= 4 is 25.0 Å². The van der Waals surface area contributed by atoms with Crippen LogP contribution in [0.3, 0.4) is 0 Å². The molecule has 0 unspecified atom stereocenters. The predicted octanol–water partition coefficient (Wildman–Crippen LogP) is 3.29. The summed E-state index contributed by atoms with van der Waals surface area (Å²) in [5.74, 6) is -0.880. The van der Waals surface area contributed by atoms with Crippen molar-refractivity contribution in [2.45, 2.75) is 32.1 Å². The van der Waals surface area contributed by atoms with Gasteiger partial charge >= 0.3 is 0 Å². The normalized spacial score (nSPS) is 12.3. The van der Waals surface area contributed by atoms with Crippen LogP contribution in [0.15, 0.2) is 57.8 Å². The summed E-state index contributed by atoms with van der Waals surface area (Å²) in [6.07, 6.45) is -0.0751. The van der Waals surface area contributed by atoms with E-state index < -0.39 is 25.6 Å². The molecule has 1 heterocycles. The van der Waals surface area contributed by atoms with E-state index >= 15 is 0 Å². The third kappa shape index (κ3) is 5.48. The van der Waals surface area contributed by atoms with E-state index in [1.165, 1.54) is 25.1 Å². The maximum atomic E-state index is 14.7. The van der Waals surface area contributed by atoms with E-state index in [1.54, 1.807) is 36.4 Å². The molecule has 1 amide bonds. The first-order valence-corrected chi connectivity index (χ1v) is 13.9. The van der Waals surface area contributed by atoms with Crippen LogP contribution in [0.25, 0.3) is 0 Å².